The Bertz CT molecular complexity index is 341. The van der Waals surface area contributed by atoms with Gasteiger partial charge in [-0.3, -0.25) is 4.79 Å². The van der Waals surface area contributed by atoms with Crippen LogP contribution in [0.5, 0.6) is 5.88 Å². The minimum absolute atomic E-state index is 0.0208. The summed E-state index contributed by atoms with van der Waals surface area (Å²) in [4.78, 5) is 20.6. The number of hydrogen-bond donors (Lipinski definition) is 1. The maximum absolute atomic E-state index is 11.3. The molecule has 0 aliphatic heterocycles. The van der Waals surface area contributed by atoms with Gasteiger partial charge in [0.1, 0.15) is 12.1 Å². The molecular weight excluding hydrogens is 196 g/mol. The number of carbonyl (C=O) groups is 1. The molecular formula is C9H14N4O2. The number of methoxy groups -OCH3 is 1. The Kier molecular flexibility index (Phi) is 3.84. The lowest BCUT2D eigenvalue weighted by atomic mass is 10.5. The highest BCUT2D eigenvalue weighted by atomic mass is 16.5. The van der Waals surface area contributed by atoms with Gasteiger partial charge in [0, 0.05) is 20.2 Å². The number of nitrogens with zero attached hydrogens (tertiary/aromatic N) is 3. The van der Waals surface area contributed by atoms with Gasteiger partial charge in [-0.1, -0.05) is 0 Å². The van der Waals surface area contributed by atoms with Crippen molar-refractivity contribution in [3.63, 3.8) is 0 Å². The van der Waals surface area contributed by atoms with E-state index in [1.54, 1.807) is 20.2 Å². The van der Waals surface area contributed by atoms with Crippen LogP contribution in [0.4, 0.5) is 5.82 Å². The van der Waals surface area contributed by atoms with E-state index in [2.05, 4.69) is 15.3 Å². The zero-order valence-electron chi connectivity index (χ0n) is 9.02. The Labute approximate surface area is 88.3 Å². The number of likely N-dealkylation sites (N-methyl/N-ethyl adjacent to an activating group) is 1. The standard InChI is InChI=1S/C9H14N4O2/c1-13(2)9(14)5-10-7-4-8(15-3)12-6-11-7/h4,6H,5H2,1-3H3,(H,10,11,12). The van der Waals surface area contributed by atoms with Crippen molar-refractivity contribution in [1.82, 2.24) is 14.9 Å². The zero-order chi connectivity index (χ0) is 11.3. The van der Waals surface area contributed by atoms with Gasteiger partial charge in [0.15, 0.2) is 0 Å². The molecule has 82 valence electrons. The highest BCUT2D eigenvalue weighted by molar-refractivity contribution is 5.80. The van der Waals surface area contributed by atoms with Gasteiger partial charge in [0.2, 0.25) is 11.8 Å². The first kappa shape index (κ1) is 11.2. The van der Waals surface area contributed by atoms with Crippen molar-refractivity contribution in [2.75, 3.05) is 33.1 Å². The molecule has 6 heteroatoms. The van der Waals surface area contributed by atoms with Crippen LogP contribution in [0.2, 0.25) is 0 Å². The Morgan fingerprint density at radius 2 is 2.27 bits per heavy atom. The summed E-state index contributed by atoms with van der Waals surface area (Å²) < 4.78 is 4.92. The van der Waals surface area contributed by atoms with Crippen LogP contribution in [-0.4, -0.2) is 48.5 Å². The van der Waals surface area contributed by atoms with Crippen molar-refractivity contribution >= 4 is 11.7 Å². The summed E-state index contributed by atoms with van der Waals surface area (Å²) in [6.45, 7) is 0.202. The summed E-state index contributed by atoms with van der Waals surface area (Å²) in [5.41, 5.74) is 0. The molecule has 0 aliphatic rings. The van der Waals surface area contributed by atoms with E-state index < -0.39 is 0 Å². The largest absolute Gasteiger partial charge is 0.481 e. The zero-order valence-corrected chi connectivity index (χ0v) is 9.02. The van der Waals surface area contributed by atoms with Crippen molar-refractivity contribution in [2.45, 2.75) is 0 Å². The Balaban J connectivity index is 2.54. The van der Waals surface area contributed by atoms with Gasteiger partial charge < -0.3 is 15.0 Å². The number of amides is 1. The molecule has 6 nitrogen and oxygen atoms in total. The third-order valence-electron chi connectivity index (χ3n) is 1.77. The number of anilines is 1. The smallest absolute Gasteiger partial charge is 0.241 e. The van der Waals surface area contributed by atoms with E-state index in [4.69, 9.17) is 4.74 Å². The number of carbonyl (C=O) groups excluding carboxylic acids is 1. The van der Waals surface area contributed by atoms with Crippen molar-refractivity contribution in [3.05, 3.63) is 12.4 Å². The van der Waals surface area contributed by atoms with Crippen LogP contribution in [0.25, 0.3) is 0 Å². The van der Waals surface area contributed by atoms with Gasteiger partial charge in [-0.25, -0.2) is 9.97 Å². The second-order valence-corrected chi connectivity index (χ2v) is 3.09. The van der Waals surface area contributed by atoms with E-state index in [-0.39, 0.29) is 12.5 Å². The molecule has 15 heavy (non-hydrogen) atoms. The lowest BCUT2D eigenvalue weighted by Crippen LogP contribution is -2.28. The molecule has 0 aromatic carbocycles. The van der Waals surface area contributed by atoms with Gasteiger partial charge in [0.25, 0.3) is 0 Å². The highest BCUT2D eigenvalue weighted by Crippen LogP contribution is 2.09. The van der Waals surface area contributed by atoms with Crippen molar-refractivity contribution < 1.29 is 9.53 Å². The van der Waals surface area contributed by atoms with Crippen LogP contribution in [0.3, 0.4) is 0 Å². The quantitative estimate of drug-likeness (QED) is 0.756. The molecule has 0 atom stereocenters. The SMILES string of the molecule is COc1cc(NCC(=O)N(C)C)ncn1. The third kappa shape index (κ3) is 3.41. The van der Waals surface area contributed by atoms with Crippen molar-refractivity contribution in [1.29, 1.82) is 0 Å². The molecule has 1 amide bonds. The van der Waals surface area contributed by atoms with E-state index in [0.717, 1.165) is 0 Å². The van der Waals surface area contributed by atoms with E-state index >= 15 is 0 Å². The second kappa shape index (κ2) is 5.14. The average Bonchev–Trinajstić information content (AvgIpc) is 2.26. The van der Waals surface area contributed by atoms with Gasteiger partial charge in [-0.2, -0.15) is 0 Å². The minimum atomic E-state index is -0.0208. The normalized spacial score (nSPS) is 9.53. The molecule has 1 heterocycles. The minimum Gasteiger partial charge on any atom is -0.481 e. The molecule has 0 aliphatic carbocycles. The van der Waals surface area contributed by atoms with Crippen molar-refractivity contribution in [3.8, 4) is 5.88 Å². The molecule has 1 N–H and O–H groups in total. The topological polar surface area (TPSA) is 67.3 Å². The number of rotatable bonds is 4. The Morgan fingerprint density at radius 3 is 2.87 bits per heavy atom. The van der Waals surface area contributed by atoms with Crippen LogP contribution in [-0.2, 0) is 4.79 Å². The van der Waals surface area contributed by atoms with E-state index in [1.807, 2.05) is 0 Å². The maximum Gasteiger partial charge on any atom is 0.241 e. The summed E-state index contributed by atoms with van der Waals surface area (Å²) in [6, 6.07) is 1.63. The Morgan fingerprint density at radius 1 is 1.53 bits per heavy atom. The lowest BCUT2D eigenvalue weighted by Gasteiger charge is -2.11. The predicted octanol–water partition coefficient (Wildman–Crippen LogP) is -0.0147. The summed E-state index contributed by atoms with van der Waals surface area (Å²) >= 11 is 0. The fraction of sp³-hybridized carbons (Fsp3) is 0.444. The third-order valence-corrected chi connectivity index (χ3v) is 1.77. The molecule has 0 saturated heterocycles. The van der Waals surface area contributed by atoms with Gasteiger partial charge in [-0.15, -0.1) is 0 Å². The van der Waals surface area contributed by atoms with Crippen LogP contribution in [0.15, 0.2) is 12.4 Å². The first-order chi connectivity index (χ1) is 7.13. The number of ether oxygens (including phenoxy) is 1. The number of hydrogen-bond acceptors (Lipinski definition) is 5. The molecule has 0 radical (unpaired) electrons. The fourth-order valence-corrected chi connectivity index (χ4v) is 0.872. The molecule has 1 aromatic heterocycles. The van der Waals surface area contributed by atoms with Gasteiger partial charge in [0.05, 0.1) is 13.7 Å². The Hall–Kier alpha value is -1.85. The van der Waals surface area contributed by atoms with Crippen LogP contribution < -0.4 is 10.1 Å². The molecule has 0 spiro atoms. The predicted molar refractivity (Wildman–Crippen MR) is 55.8 cm³/mol. The van der Waals surface area contributed by atoms with Crippen LogP contribution in [0, 0.1) is 0 Å². The molecule has 0 bridgehead atoms. The molecule has 1 rings (SSSR count). The van der Waals surface area contributed by atoms with Crippen LogP contribution >= 0.6 is 0 Å². The number of aromatic nitrogens is 2. The van der Waals surface area contributed by atoms with Crippen LogP contribution in [0.1, 0.15) is 0 Å². The monoisotopic (exact) mass is 210 g/mol. The van der Waals surface area contributed by atoms with E-state index in [1.165, 1.54) is 18.3 Å². The molecule has 0 saturated carbocycles. The summed E-state index contributed by atoms with van der Waals surface area (Å²) in [5, 5.41) is 2.88. The second-order valence-electron chi connectivity index (χ2n) is 3.09. The van der Waals surface area contributed by atoms with Crippen molar-refractivity contribution in [2.24, 2.45) is 0 Å². The summed E-state index contributed by atoms with van der Waals surface area (Å²) in [6.07, 6.45) is 1.38. The first-order valence-electron chi connectivity index (χ1n) is 4.43. The summed E-state index contributed by atoms with van der Waals surface area (Å²) in [5.74, 6) is 1.01. The van der Waals surface area contributed by atoms with Gasteiger partial charge >= 0.3 is 0 Å². The highest BCUT2D eigenvalue weighted by Gasteiger charge is 2.04. The molecule has 0 fully saturated rings. The fourth-order valence-electron chi connectivity index (χ4n) is 0.872. The average molecular weight is 210 g/mol. The van der Waals surface area contributed by atoms with Gasteiger partial charge in [-0.05, 0) is 0 Å². The molecule has 1 aromatic rings. The van der Waals surface area contributed by atoms with E-state index in [0.29, 0.717) is 11.7 Å². The van der Waals surface area contributed by atoms with E-state index in [9.17, 15) is 4.79 Å². The summed E-state index contributed by atoms with van der Waals surface area (Å²) in [7, 11) is 4.92. The molecule has 0 unspecified atom stereocenters. The first-order valence-corrected chi connectivity index (χ1v) is 4.43. The number of nitrogens with one attached hydrogen (secondary N) is 1. The maximum atomic E-state index is 11.3. The lowest BCUT2D eigenvalue weighted by molar-refractivity contribution is -0.126.